The predicted molar refractivity (Wildman–Crippen MR) is 110 cm³/mol. The van der Waals surface area contributed by atoms with Gasteiger partial charge in [-0.15, -0.1) is 0 Å². The van der Waals surface area contributed by atoms with E-state index in [1.54, 1.807) is 42.7 Å². The van der Waals surface area contributed by atoms with Gasteiger partial charge in [-0.2, -0.15) is 5.10 Å². The molecule has 0 aliphatic rings. The number of benzene rings is 1. The fraction of sp³-hybridized carbons (Fsp3) is 0.333. The summed E-state index contributed by atoms with van der Waals surface area (Å²) in [4.78, 5) is 29.0. The molecule has 0 saturated heterocycles. The van der Waals surface area contributed by atoms with Crippen molar-refractivity contribution >= 4 is 34.2 Å². The number of fused-ring (bicyclic) bond motifs is 1. The van der Waals surface area contributed by atoms with Gasteiger partial charge < -0.3 is 10.6 Å². The number of amides is 2. The summed E-state index contributed by atoms with van der Waals surface area (Å²) < 4.78 is 1.82. The molecule has 3 aromatic rings. The lowest BCUT2D eigenvalue weighted by Gasteiger charge is -2.17. The van der Waals surface area contributed by atoms with Gasteiger partial charge in [-0.1, -0.05) is 20.8 Å². The minimum Gasteiger partial charge on any atom is -0.326 e. The Balaban J connectivity index is 1.71. The number of hydrogen-bond donors (Lipinski definition) is 2. The van der Waals surface area contributed by atoms with E-state index in [4.69, 9.17) is 0 Å². The number of nitrogens with zero attached hydrogens (tertiary/aromatic N) is 3. The van der Waals surface area contributed by atoms with Crippen molar-refractivity contribution in [1.82, 2.24) is 14.8 Å². The van der Waals surface area contributed by atoms with Crippen LogP contribution < -0.4 is 10.6 Å². The summed E-state index contributed by atoms with van der Waals surface area (Å²) >= 11 is 0. The number of aromatic nitrogens is 3. The molecule has 2 aromatic heterocycles. The third-order valence-corrected chi connectivity index (χ3v) is 4.27. The molecule has 0 aliphatic heterocycles. The Morgan fingerprint density at radius 2 is 1.61 bits per heavy atom. The van der Waals surface area contributed by atoms with Gasteiger partial charge in [0.2, 0.25) is 5.91 Å². The van der Waals surface area contributed by atoms with E-state index < -0.39 is 5.41 Å². The minimum atomic E-state index is -0.470. The van der Waals surface area contributed by atoms with Crippen LogP contribution in [0.2, 0.25) is 0 Å². The van der Waals surface area contributed by atoms with Crippen molar-refractivity contribution in [1.29, 1.82) is 0 Å². The Morgan fingerprint density at radius 3 is 2.18 bits per heavy atom. The Hall–Kier alpha value is -3.22. The first-order valence-electron chi connectivity index (χ1n) is 9.21. The van der Waals surface area contributed by atoms with Gasteiger partial charge in [0.05, 0.1) is 11.8 Å². The summed E-state index contributed by atoms with van der Waals surface area (Å²) in [5, 5.41) is 10.8. The molecule has 146 valence electrons. The number of nitrogens with one attached hydrogen (secondary N) is 2. The molecule has 2 amide bonds. The van der Waals surface area contributed by atoms with Crippen molar-refractivity contribution in [3.05, 3.63) is 48.3 Å². The highest BCUT2D eigenvalue weighted by atomic mass is 16.2. The third-order valence-electron chi connectivity index (χ3n) is 4.27. The average molecular weight is 379 g/mol. The first kappa shape index (κ1) is 19.5. The van der Waals surface area contributed by atoms with E-state index in [-0.39, 0.29) is 17.9 Å². The third kappa shape index (κ3) is 4.19. The molecule has 0 aliphatic carbocycles. The van der Waals surface area contributed by atoms with Crippen molar-refractivity contribution in [3.63, 3.8) is 0 Å². The van der Waals surface area contributed by atoms with E-state index >= 15 is 0 Å². The summed E-state index contributed by atoms with van der Waals surface area (Å²) in [6, 6.07) is 8.99. The Morgan fingerprint density at radius 1 is 1.00 bits per heavy atom. The quantitative estimate of drug-likeness (QED) is 0.709. The molecule has 0 bridgehead atoms. The molecule has 0 saturated carbocycles. The Kier molecular flexibility index (Phi) is 5.18. The van der Waals surface area contributed by atoms with Gasteiger partial charge >= 0.3 is 0 Å². The molecule has 28 heavy (non-hydrogen) atoms. The van der Waals surface area contributed by atoms with Crippen molar-refractivity contribution in [2.75, 3.05) is 10.6 Å². The normalized spacial score (nSPS) is 11.6. The molecule has 7 nitrogen and oxygen atoms in total. The second kappa shape index (κ2) is 7.42. The molecule has 2 heterocycles. The second-order valence-corrected chi connectivity index (χ2v) is 8.06. The van der Waals surface area contributed by atoms with Gasteiger partial charge in [-0.05, 0) is 44.2 Å². The van der Waals surface area contributed by atoms with Crippen LogP contribution >= 0.6 is 0 Å². The zero-order valence-corrected chi connectivity index (χ0v) is 16.8. The Bertz CT molecular complexity index is 1010. The maximum absolute atomic E-state index is 12.5. The first-order chi connectivity index (χ1) is 13.1. The van der Waals surface area contributed by atoms with Crippen LogP contribution in [0.15, 0.2) is 42.7 Å². The molecule has 3 rings (SSSR count). The summed E-state index contributed by atoms with van der Waals surface area (Å²) in [5.41, 5.74) is 2.06. The molecular formula is C21H25N5O2. The lowest BCUT2D eigenvalue weighted by molar-refractivity contribution is -0.123. The van der Waals surface area contributed by atoms with Crippen LogP contribution in [0, 0.1) is 5.41 Å². The minimum absolute atomic E-state index is 0.0643. The van der Waals surface area contributed by atoms with Gasteiger partial charge in [0.25, 0.3) is 5.91 Å². The lowest BCUT2D eigenvalue weighted by Crippen LogP contribution is -2.27. The van der Waals surface area contributed by atoms with Gasteiger partial charge in [0.15, 0.2) is 5.65 Å². The molecule has 0 atom stereocenters. The summed E-state index contributed by atoms with van der Waals surface area (Å²) in [5.74, 6) is -0.316. The zero-order chi connectivity index (χ0) is 20.5. The number of hydrogen-bond acceptors (Lipinski definition) is 4. The van der Waals surface area contributed by atoms with Gasteiger partial charge in [0.1, 0.15) is 0 Å². The maximum Gasteiger partial charge on any atom is 0.257 e. The SMILES string of the molecule is CC(C)n1ncc2cc(C(=O)Nc3ccc(NC(=O)C(C)(C)C)cc3)cnc21. The van der Waals surface area contributed by atoms with E-state index in [0.717, 1.165) is 11.0 Å². The van der Waals surface area contributed by atoms with Crippen LogP contribution in [-0.4, -0.2) is 26.6 Å². The molecule has 0 unspecified atom stereocenters. The zero-order valence-electron chi connectivity index (χ0n) is 16.8. The first-order valence-corrected chi connectivity index (χ1v) is 9.21. The van der Waals surface area contributed by atoms with E-state index in [1.807, 2.05) is 39.3 Å². The molecular weight excluding hydrogens is 354 g/mol. The van der Waals surface area contributed by atoms with Crippen molar-refractivity contribution in [3.8, 4) is 0 Å². The smallest absolute Gasteiger partial charge is 0.257 e. The number of rotatable bonds is 4. The standard InChI is InChI=1S/C21H25N5O2/c1-13(2)26-18-14(12-23-26)10-15(11-22-18)19(27)24-16-6-8-17(9-7-16)25-20(28)21(3,4)5/h6-13H,1-5H3,(H,24,27)(H,25,28). The highest BCUT2D eigenvalue weighted by molar-refractivity contribution is 6.05. The van der Waals surface area contributed by atoms with Gasteiger partial charge in [-0.3, -0.25) is 9.59 Å². The van der Waals surface area contributed by atoms with E-state index in [2.05, 4.69) is 20.7 Å². The van der Waals surface area contributed by atoms with Gasteiger partial charge in [0, 0.05) is 34.4 Å². The van der Waals surface area contributed by atoms with E-state index in [9.17, 15) is 9.59 Å². The number of pyridine rings is 1. The highest BCUT2D eigenvalue weighted by Gasteiger charge is 2.21. The second-order valence-electron chi connectivity index (χ2n) is 8.06. The van der Waals surface area contributed by atoms with Crippen molar-refractivity contribution in [2.45, 2.75) is 40.7 Å². The summed E-state index contributed by atoms with van der Waals surface area (Å²) in [7, 11) is 0. The van der Waals surface area contributed by atoms with Crippen LogP contribution in [0.4, 0.5) is 11.4 Å². The van der Waals surface area contributed by atoms with Crippen LogP contribution in [-0.2, 0) is 4.79 Å². The van der Waals surface area contributed by atoms with Crippen LogP contribution in [0.25, 0.3) is 11.0 Å². The molecule has 1 aromatic carbocycles. The highest BCUT2D eigenvalue weighted by Crippen LogP contribution is 2.20. The van der Waals surface area contributed by atoms with E-state index in [0.29, 0.717) is 16.9 Å². The lowest BCUT2D eigenvalue weighted by atomic mass is 9.95. The predicted octanol–water partition coefficient (Wildman–Crippen LogP) is 4.25. The monoisotopic (exact) mass is 379 g/mol. The topological polar surface area (TPSA) is 88.9 Å². The van der Waals surface area contributed by atoms with Crippen LogP contribution in [0.5, 0.6) is 0 Å². The van der Waals surface area contributed by atoms with E-state index in [1.165, 1.54) is 0 Å². The largest absolute Gasteiger partial charge is 0.326 e. The maximum atomic E-state index is 12.5. The molecule has 0 radical (unpaired) electrons. The average Bonchev–Trinajstić information content (AvgIpc) is 3.06. The Labute approximate surface area is 164 Å². The van der Waals surface area contributed by atoms with Crippen LogP contribution in [0.3, 0.4) is 0 Å². The number of carbonyl (C=O) groups is 2. The van der Waals surface area contributed by atoms with Crippen molar-refractivity contribution in [2.24, 2.45) is 5.41 Å². The van der Waals surface area contributed by atoms with Crippen LogP contribution in [0.1, 0.15) is 51.0 Å². The van der Waals surface area contributed by atoms with Gasteiger partial charge in [-0.25, -0.2) is 9.67 Å². The summed E-state index contributed by atoms with van der Waals surface area (Å²) in [6.45, 7) is 9.62. The molecule has 0 fully saturated rings. The molecule has 7 heteroatoms. The fourth-order valence-electron chi connectivity index (χ4n) is 2.60. The molecule has 0 spiro atoms. The fourth-order valence-corrected chi connectivity index (χ4v) is 2.60. The summed E-state index contributed by atoms with van der Waals surface area (Å²) in [6.07, 6.45) is 3.27. The number of carbonyl (C=O) groups excluding carboxylic acids is 2. The molecule has 2 N–H and O–H groups in total. The van der Waals surface area contributed by atoms with Crippen molar-refractivity contribution < 1.29 is 9.59 Å². The number of anilines is 2.